The fourth-order valence-corrected chi connectivity index (χ4v) is 2.32. The fourth-order valence-electron chi connectivity index (χ4n) is 2.32. The Labute approximate surface area is 97.3 Å². The molecule has 0 amide bonds. The number of hydrogen-bond donors (Lipinski definition) is 1. The molecule has 0 atom stereocenters. The lowest BCUT2D eigenvalue weighted by atomic mass is 9.67. The quantitative estimate of drug-likeness (QED) is 0.747. The molecule has 2 nitrogen and oxygen atoms in total. The van der Waals surface area contributed by atoms with Crippen LogP contribution in [0.25, 0.3) is 0 Å². The number of hydrogen-bond acceptors (Lipinski definition) is 2. The fraction of sp³-hybridized carbons (Fsp3) is 0.571. The first-order valence-electron chi connectivity index (χ1n) is 6.13. The molecule has 1 fully saturated rings. The first kappa shape index (κ1) is 11.5. The van der Waals surface area contributed by atoms with Crippen LogP contribution in [0.2, 0.25) is 0 Å². The van der Waals surface area contributed by atoms with Crippen molar-refractivity contribution < 1.29 is 9.84 Å². The normalized spacial score (nSPS) is 17.8. The molecule has 1 aromatic carbocycles. The molecular weight excluding hydrogens is 200 g/mol. The van der Waals surface area contributed by atoms with Crippen LogP contribution in [0.3, 0.4) is 0 Å². The van der Waals surface area contributed by atoms with E-state index in [0.29, 0.717) is 6.61 Å². The summed E-state index contributed by atoms with van der Waals surface area (Å²) in [6.07, 6.45) is 5.79. The van der Waals surface area contributed by atoms with Crippen LogP contribution in [0.15, 0.2) is 30.3 Å². The third kappa shape index (κ3) is 2.76. The molecule has 0 bridgehead atoms. The van der Waals surface area contributed by atoms with Gasteiger partial charge in [0.1, 0.15) is 5.75 Å². The highest BCUT2D eigenvalue weighted by atomic mass is 16.5. The van der Waals surface area contributed by atoms with Crippen LogP contribution in [0.5, 0.6) is 5.75 Å². The highest BCUT2D eigenvalue weighted by Crippen LogP contribution is 2.44. The van der Waals surface area contributed by atoms with Crippen LogP contribution in [-0.2, 0) is 0 Å². The van der Waals surface area contributed by atoms with Gasteiger partial charge in [0.05, 0.1) is 6.61 Å². The van der Waals surface area contributed by atoms with E-state index >= 15 is 0 Å². The average molecular weight is 220 g/mol. The Hall–Kier alpha value is -1.02. The smallest absolute Gasteiger partial charge is 0.119 e. The van der Waals surface area contributed by atoms with Crippen molar-refractivity contribution in [3.8, 4) is 5.75 Å². The summed E-state index contributed by atoms with van der Waals surface area (Å²) in [6, 6.07) is 9.91. The molecule has 1 saturated carbocycles. The van der Waals surface area contributed by atoms with Gasteiger partial charge in [0.2, 0.25) is 0 Å². The van der Waals surface area contributed by atoms with Crippen molar-refractivity contribution in [3.63, 3.8) is 0 Å². The minimum atomic E-state index is 0.236. The lowest BCUT2D eigenvalue weighted by Gasteiger charge is -2.40. The number of benzene rings is 1. The van der Waals surface area contributed by atoms with Crippen molar-refractivity contribution in [2.45, 2.75) is 32.1 Å². The van der Waals surface area contributed by atoms with Crippen LogP contribution < -0.4 is 4.74 Å². The summed E-state index contributed by atoms with van der Waals surface area (Å²) in [5.74, 6) is 0.939. The molecule has 1 aromatic rings. The van der Waals surface area contributed by atoms with Crippen LogP contribution in [-0.4, -0.2) is 18.3 Å². The SMILES string of the molecule is OCC1(CCCOc2ccccc2)CCC1. The molecule has 1 aliphatic carbocycles. The van der Waals surface area contributed by atoms with Crippen LogP contribution in [0, 0.1) is 5.41 Å². The average Bonchev–Trinajstić information content (AvgIpc) is 2.29. The van der Waals surface area contributed by atoms with E-state index in [-0.39, 0.29) is 5.41 Å². The van der Waals surface area contributed by atoms with E-state index < -0.39 is 0 Å². The molecular formula is C14H20O2. The number of aliphatic hydroxyl groups excluding tert-OH is 1. The van der Waals surface area contributed by atoms with Gasteiger partial charge in [-0.05, 0) is 43.2 Å². The van der Waals surface area contributed by atoms with Gasteiger partial charge in [-0.25, -0.2) is 0 Å². The summed E-state index contributed by atoms with van der Waals surface area (Å²) in [6.45, 7) is 1.10. The second-order valence-corrected chi connectivity index (χ2v) is 4.78. The Bertz CT molecular complexity index is 298. The molecule has 0 aliphatic heterocycles. The van der Waals surface area contributed by atoms with Crippen LogP contribution >= 0.6 is 0 Å². The summed E-state index contributed by atoms with van der Waals surface area (Å²) >= 11 is 0. The Morgan fingerprint density at radius 3 is 2.50 bits per heavy atom. The maximum Gasteiger partial charge on any atom is 0.119 e. The van der Waals surface area contributed by atoms with Gasteiger partial charge in [0.15, 0.2) is 0 Å². The number of rotatable bonds is 6. The number of para-hydroxylation sites is 1. The minimum absolute atomic E-state index is 0.236. The van der Waals surface area contributed by atoms with E-state index in [1.807, 2.05) is 30.3 Å². The molecule has 0 unspecified atom stereocenters. The molecule has 1 N–H and O–H groups in total. The van der Waals surface area contributed by atoms with Crippen LogP contribution in [0.1, 0.15) is 32.1 Å². The van der Waals surface area contributed by atoms with Crippen molar-refractivity contribution in [2.75, 3.05) is 13.2 Å². The van der Waals surface area contributed by atoms with Crippen LogP contribution in [0.4, 0.5) is 0 Å². The zero-order chi connectivity index (χ0) is 11.3. The van der Waals surface area contributed by atoms with E-state index in [1.165, 1.54) is 19.3 Å². The van der Waals surface area contributed by atoms with E-state index in [9.17, 15) is 5.11 Å². The van der Waals surface area contributed by atoms with Gasteiger partial charge in [0, 0.05) is 6.61 Å². The van der Waals surface area contributed by atoms with E-state index in [1.54, 1.807) is 0 Å². The Morgan fingerprint density at radius 1 is 1.19 bits per heavy atom. The summed E-state index contributed by atoms with van der Waals surface area (Å²) < 4.78 is 5.63. The van der Waals surface area contributed by atoms with Crippen molar-refractivity contribution >= 4 is 0 Å². The van der Waals surface area contributed by atoms with Gasteiger partial charge in [0.25, 0.3) is 0 Å². The van der Waals surface area contributed by atoms with E-state index in [0.717, 1.165) is 25.2 Å². The highest BCUT2D eigenvalue weighted by molar-refractivity contribution is 5.20. The molecule has 2 rings (SSSR count). The molecule has 0 saturated heterocycles. The van der Waals surface area contributed by atoms with E-state index in [2.05, 4.69) is 0 Å². The predicted octanol–water partition coefficient (Wildman–Crippen LogP) is 3.01. The Kier molecular flexibility index (Phi) is 3.83. The molecule has 2 heteroatoms. The van der Waals surface area contributed by atoms with Crippen molar-refractivity contribution in [2.24, 2.45) is 5.41 Å². The van der Waals surface area contributed by atoms with Gasteiger partial charge in [-0.3, -0.25) is 0 Å². The summed E-state index contributed by atoms with van der Waals surface area (Å²) in [5.41, 5.74) is 0.236. The standard InChI is InChI=1S/C14H20O2/c15-12-14(8-4-9-14)10-5-11-16-13-6-2-1-3-7-13/h1-3,6-7,15H,4-5,8-12H2. The second kappa shape index (κ2) is 5.35. The summed E-state index contributed by atoms with van der Waals surface area (Å²) in [5, 5.41) is 9.31. The molecule has 16 heavy (non-hydrogen) atoms. The largest absolute Gasteiger partial charge is 0.494 e. The molecule has 0 aromatic heterocycles. The third-order valence-corrected chi connectivity index (χ3v) is 3.61. The lowest BCUT2D eigenvalue weighted by molar-refractivity contribution is 0.0308. The van der Waals surface area contributed by atoms with E-state index in [4.69, 9.17) is 4.74 Å². The van der Waals surface area contributed by atoms with Gasteiger partial charge in [-0.15, -0.1) is 0 Å². The number of ether oxygens (including phenoxy) is 1. The monoisotopic (exact) mass is 220 g/mol. The zero-order valence-corrected chi connectivity index (χ0v) is 9.69. The van der Waals surface area contributed by atoms with Gasteiger partial charge in [-0.2, -0.15) is 0 Å². The van der Waals surface area contributed by atoms with Gasteiger partial charge >= 0.3 is 0 Å². The summed E-state index contributed by atoms with van der Waals surface area (Å²) in [7, 11) is 0. The van der Waals surface area contributed by atoms with Crippen molar-refractivity contribution in [3.05, 3.63) is 30.3 Å². The molecule has 88 valence electrons. The van der Waals surface area contributed by atoms with Crippen molar-refractivity contribution in [1.29, 1.82) is 0 Å². The first-order chi connectivity index (χ1) is 7.85. The maximum absolute atomic E-state index is 9.31. The third-order valence-electron chi connectivity index (χ3n) is 3.61. The van der Waals surface area contributed by atoms with Gasteiger partial charge in [-0.1, -0.05) is 24.6 Å². The lowest BCUT2D eigenvalue weighted by Crippen LogP contribution is -2.33. The second-order valence-electron chi connectivity index (χ2n) is 4.78. The highest BCUT2D eigenvalue weighted by Gasteiger charge is 2.35. The van der Waals surface area contributed by atoms with Gasteiger partial charge < -0.3 is 9.84 Å². The molecule has 0 heterocycles. The first-order valence-corrected chi connectivity index (χ1v) is 6.13. The number of aliphatic hydroxyl groups is 1. The molecule has 0 spiro atoms. The zero-order valence-electron chi connectivity index (χ0n) is 9.69. The van der Waals surface area contributed by atoms with Crippen molar-refractivity contribution in [1.82, 2.24) is 0 Å². The Balaban J connectivity index is 1.65. The topological polar surface area (TPSA) is 29.5 Å². The summed E-state index contributed by atoms with van der Waals surface area (Å²) in [4.78, 5) is 0. The maximum atomic E-state index is 9.31. The Morgan fingerprint density at radius 2 is 1.94 bits per heavy atom. The molecule has 1 aliphatic rings. The molecule has 0 radical (unpaired) electrons. The minimum Gasteiger partial charge on any atom is -0.494 e. The predicted molar refractivity (Wildman–Crippen MR) is 64.5 cm³/mol.